The van der Waals surface area contributed by atoms with E-state index < -0.39 is 23.9 Å². The quantitative estimate of drug-likeness (QED) is 0.456. The first kappa shape index (κ1) is 12.1. The summed E-state index contributed by atoms with van der Waals surface area (Å²) in [5.41, 5.74) is 0.817. The van der Waals surface area contributed by atoms with Crippen LogP contribution in [0, 0.1) is 0 Å². The van der Waals surface area contributed by atoms with Gasteiger partial charge in [0.15, 0.2) is 0 Å². The molecule has 1 aromatic carbocycles. The molecule has 0 aromatic heterocycles. The molecule has 6 heteroatoms. The lowest BCUT2D eigenvalue weighted by molar-refractivity contribution is -0.112. The molecule has 0 fully saturated rings. The highest BCUT2D eigenvalue weighted by Crippen LogP contribution is 2.32. The van der Waals surface area contributed by atoms with E-state index in [1.165, 1.54) is 6.07 Å². The molecule has 3 N–H and O–H groups in total. The Morgan fingerprint density at radius 3 is 2.65 bits per heavy atom. The number of hydrogen-bond acceptors (Lipinski definition) is 5. The highest BCUT2D eigenvalue weighted by atomic mass is 32.1. The number of fused-ring (bicyclic) bond motifs is 1. The zero-order valence-corrected chi connectivity index (χ0v) is 9.65. The average Bonchev–Trinajstić information content (AvgIpc) is 2.63. The van der Waals surface area contributed by atoms with Gasteiger partial charge < -0.3 is 15.5 Å². The third-order valence-corrected chi connectivity index (χ3v) is 3.03. The molecule has 0 spiro atoms. The number of nitrogens with one attached hydrogen (secondary N) is 1. The van der Waals surface area contributed by atoms with Gasteiger partial charge in [-0.25, -0.2) is 0 Å². The van der Waals surface area contributed by atoms with E-state index >= 15 is 0 Å². The summed E-state index contributed by atoms with van der Waals surface area (Å²) in [6.45, 7) is 0. The van der Waals surface area contributed by atoms with E-state index in [1.807, 2.05) is 0 Å². The third-order valence-electron chi connectivity index (χ3n) is 2.66. The summed E-state index contributed by atoms with van der Waals surface area (Å²) in [5, 5.41) is 21.8. The Labute approximate surface area is 103 Å². The SMILES string of the molecule is O=C1Nc2c(cccc2C(O)C(O)CS)C1=O. The zero-order chi connectivity index (χ0) is 12.6. The van der Waals surface area contributed by atoms with E-state index in [1.54, 1.807) is 12.1 Å². The molecule has 0 aliphatic carbocycles. The van der Waals surface area contributed by atoms with Crippen LogP contribution >= 0.6 is 12.6 Å². The maximum Gasteiger partial charge on any atom is 0.296 e. The Bertz CT molecular complexity index is 488. The summed E-state index contributed by atoms with van der Waals surface area (Å²) < 4.78 is 0. The smallest absolute Gasteiger partial charge is 0.296 e. The van der Waals surface area contributed by atoms with Gasteiger partial charge in [-0.3, -0.25) is 9.59 Å². The molecule has 1 amide bonds. The first-order chi connectivity index (χ1) is 8.06. The fraction of sp³-hybridized carbons (Fsp3) is 0.273. The maximum absolute atomic E-state index is 11.4. The summed E-state index contributed by atoms with van der Waals surface area (Å²) >= 11 is 3.88. The second-order valence-corrected chi connectivity index (χ2v) is 4.11. The Kier molecular flexibility index (Phi) is 3.19. The Balaban J connectivity index is 2.45. The van der Waals surface area contributed by atoms with Gasteiger partial charge in [0.05, 0.1) is 17.4 Å². The van der Waals surface area contributed by atoms with Gasteiger partial charge in [0.1, 0.15) is 6.10 Å². The number of benzene rings is 1. The van der Waals surface area contributed by atoms with Gasteiger partial charge in [0.25, 0.3) is 11.7 Å². The summed E-state index contributed by atoms with van der Waals surface area (Å²) in [6.07, 6.45) is -2.24. The van der Waals surface area contributed by atoms with E-state index in [0.717, 1.165) is 0 Å². The average molecular weight is 253 g/mol. The van der Waals surface area contributed by atoms with Gasteiger partial charge in [-0.1, -0.05) is 12.1 Å². The summed E-state index contributed by atoms with van der Waals surface area (Å²) in [4.78, 5) is 22.7. The number of thiol groups is 1. The maximum atomic E-state index is 11.4. The predicted molar refractivity (Wildman–Crippen MR) is 64.2 cm³/mol. The molecule has 0 bridgehead atoms. The molecule has 5 nitrogen and oxygen atoms in total. The molecule has 90 valence electrons. The Morgan fingerprint density at radius 1 is 1.29 bits per heavy atom. The first-order valence-electron chi connectivity index (χ1n) is 5.02. The third kappa shape index (κ3) is 1.95. The van der Waals surface area contributed by atoms with Gasteiger partial charge in [-0.05, 0) is 6.07 Å². The number of anilines is 1. The van der Waals surface area contributed by atoms with Gasteiger partial charge in [0.2, 0.25) is 0 Å². The van der Waals surface area contributed by atoms with Gasteiger partial charge in [-0.2, -0.15) is 12.6 Å². The van der Waals surface area contributed by atoms with Crippen LogP contribution in [0.1, 0.15) is 22.0 Å². The lowest BCUT2D eigenvalue weighted by Gasteiger charge is -2.18. The molecular weight excluding hydrogens is 242 g/mol. The van der Waals surface area contributed by atoms with Crippen LogP contribution in [0.4, 0.5) is 5.69 Å². The van der Waals surface area contributed by atoms with Crippen LogP contribution < -0.4 is 5.32 Å². The van der Waals surface area contributed by atoms with Crippen molar-refractivity contribution in [3.8, 4) is 0 Å². The van der Waals surface area contributed by atoms with Gasteiger partial charge in [-0.15, -0.1) is 0 Å². The molecule has 1 aliphatic rings. The number of ketones is 1. The van der Waals surface area contributed by atoms with Crippen molar-refractivity contribution in [1.82, 2.24) is 0 Å². The molecule has 2 unspecified atom stereocenters. The molecule has 0 saturated heterocycles. The number of hydrogen-bond donors (Lipinski definition) is 4. The van der Waals surface area contributed by atoms with Crippen molar-refractivity contribution in [1.29, 1.82) is 0 Å². The standard InChI is InChI=1S/C11H11NO4S/c13-7(4-17)9(14)5-2-1-3-6-8(5)12-11(16)10(6)15/h1-3,7,9,13-14,17H,4H2,(H,12,15,16). The van der Waals surface area contributed by atoms with Crippen LogP contribution in [0.15, 0.2) is 18.2 Å². The van der Waals surface area contributed by atoms with E-state index in [4.69, 9.17) is 0 Å². The number of rotatable bonds is 3. The van der Waals surface area contributed by atoms with Crippen LogP contribution in [0.25, 0.3) is 0 Å². The Hall–Kier alpha value is -1.37. The molecular formula is C11H11NO4S. The highest BCUT2D eigenvalue weighted by Gasteiger charge is 2.32. The number of para-hydroxylation sites is 1. The number of aliphatic hydroxyl groups excluding tert-OH is 2. The number of Topliss-reactive ketones (excluding diaryl/α,β-unsaturated/α-hetero) is 1. The van der Waals surface area contributed by atoms with Crippen LogP contribution in [-0.4, -0.2) is 33.8 Å². The molecule has 1 aliphatic heterocycles. The molecule has 2 rings (SSSR count). The fourth-order valence-corrected chi connectivity index (χ4v) is 1.94. The van der Waals surface area contributed by atoms with Crippen molar-refractivity contribution < 1.29 is 19.8 Å². The van der Waals surface area contributed by atoms with Crippen molar-refractivity contribution in [2.75, 3.05) is 11.1 Å². The molecule has 1 aromatic rings. The van der Waals surface area contributed by atoms with Crippen molar-refractivity contribution in [2.24, 2.45) is 0 Å². The monoisotopic (exact) mass is 253 g/mol. The summed E-state index contributed by atoms with van der Waals surface area (Å²) in [7, 11) is 0. The lowest BCUT2D eigenvalue weighted by Crippen LogP contribution is -2.21. The van der Waals surface area contributed by atoms with Crippen molar-refractivity contribution in [2.45, 2.75) is 12.2 Å². The van der Waals surface area contributed by atoms with E-state index in [0.29, 0.717) is 5.56 Å². The van der Waals surface area contributed by atoms with Gasteiger partial charge >= 0.3 is 0 Å². The van der Waals surface area contributed by atoms with Gasteiger partial charge in [0, 0.05) is 11.3 Å². The largest absolute Gasteiger partial charge is 0.389 e. The lowest BCUT2D eigenvalue weighted by atomic mass is 10.00. The van der Waals surface area contributed by atoms with E-state index in [2.05, 4.69) is 17.9 Å². The fourth-order valence-electron chi connectivity index (χ4n) is 1.75. The minimum absolute atomic E-state index is 0.0761. The summed E-state index contributed by atoms with van der Waals surface area (Å²) in [5.74, 6) is -1.28. The van der Waals surface area contributed by atoms with E-state index in [-0.39, 0.29) is 17.0 Å². The molecule has 2 atom stereocenters. The Morgan fingerprint density at radius 2 is 2.00 bits per heavy atom. The van der Waals surface area contributed by atoms with Crippen LogP contribution in [0.3, 0.4) is 0 Å². The minimum atomic E-state index is -1.19. The van der Waals surface area contributed by atoms with Crippen LogP contribution in [0.2, 0.25) is 0 Å². The second kappa shape index (κ2) is 4.48. The zero-order valence-electron chi connectivity index (χ0n) is 8.75. The molecule has 0 saturated carbocycles. The number of aliphatic hydroxyl groups is 2. The van der Waals surface area contributed by atoms with E-state index in [9.17, 15) is 19.8 Å². The highest BCUT2D eigenvalue weighted by molar-refractivity contribution is 7.80. The van der Waals surface area contributed by atoms with Crippen molar-refractivity contribution in [3.63, 3.8) is 0 Å². The molecule has 17 heavy (non-hydrogen) atoms. The van der Waals surface area contributed by atoms with Crippen molar-refractivity contribution >= 4 is 30.0 Å². The second-order valence-electron chi connectivity index (χ2n) is 3.75. The topological polar surface area (TPSA) is 86.6 Å². The van der Waals surface area contributed by atoms with Crippen molar-refractivity contribution in [3.05, 3.63) is 29.3 Å². The minimum Gasteiger partial charge on any atom is -0.389 e. The number of carbonyl (C=O) groups excluding carboxylic acids is 2. The predicted octanol–water partition coefficient (Wildman–Crippen LogP) is 0.145. The molecule has 0 radical (unpaired) electrons. The molecule has 1 heterocycles. The first-order valence-corrected chi connectivity index (χ1v) is 5.65. The normalized spacial score (nSPS) is 17.6. The summed E-state index contributed by atoms with van der Waals surface area (Å²) in [6, 6.07) is 4.61. The number of carbonyl (C=O) groups is 2. The van der Waals surface area contributed by atoms with Crippen LogP contribution in [0.5, 0.6) is 0 Å². The number of amides is 1. The van der Waals surface area contributed by atoms with Crippen LogP contribution in [-0.2, 0) is 4.79 Å².